The number of nitrogens with one attached hydrogen (secondary N) is 1. The summed E-state index contributed by atoms with van der Waals surface area (Å²) in [6.07, 6.45) is 12.1. The van der Waals surface area contributed by atoms with Crippen molar-refractivity contribution in [3.05, 3.63) is 0 Å². The normalized spacial score (nSPS) is 14.1. The monoisotopic (exact) mass is 270 g/mol. The van der Waals surface area contributed by atoms with Gasteiger partial charge in [0.1, 0.15) is 0 Å². The van der Waals surface area contributed by atoms with Crippen molar-refractivity contribution in [3.63, 3.8) is 0 Å². The molecule has 0 aliphatic heterocycles. The number of unbranched alkanes of at least 4 members (excludes halogenated alkanes) is 5. The molecule has 2 heteroatoms. The van der Waals surface area contributed by atoms with Crippen LogP contribution in [0, 0.1) is 0 Å². The lowest BCUT2D eigenvalue weighted by Crippen LogP contribution is -2.57. The molecule has 0 saturated carbocycles. The Morgan fingerprint density at radius 1 is 0.895 bits per heavy atom. The van der Waals surface area contributed by atoms with Gasteiger partial charge in [0.25, 0.3) is 0 Å². The van der Waals surface area contributed by atoms with Gasteiger partial charge in [-0.25, -0.2) is 0 Å². The highest BCUT2D eigenvalue weighted by Gasteiger charge is 2.36. The number of likely N-dealkylation sites (N-methyl/N-ethyl adjacent to an activating group) is 2. The topological polar surface area (TPSA) is 15.3 Å². The molecule has 1 unspecified atom stereocenters. The molecule has 2 nitrogen and oxygen atoms in total. The number of nitrogens with zero attached hydrogens (tertiary/aromatic N) is 1. The third-order valence-electron chi connectivity index (χ3n) is 4.96. The molecule has 0 rings (SSSR count). The minimum Gasteiger partial charge on any atom is -0.315 e. The van der Waals surface area contributed by atoms with E-state index in [2.05, 4.69) is 52.1 Å². The molecular formula is C17H38N2. The van der Waals surface area contributed by atoms with Gasteiger partial charge in [0.05, 0.1) is 0 Å². The van der Waals surface area contributed by atoms with Gasteiger partial charge in [-0.1, -0.05) is 59.3 Å². The summed E-state index contributed by atoms with van der Waals surface area (Å²) in [6.45, 7) is 6.94. The molecule has 0 aromatic heterocycles. The minimum absolute atomic E-state index is 0.318. The van der Waals surface area contributed by atoms with Crippen molar-refractivity contribution in [2.75, 3.05) is 21.1 Å². The average Bonchev–Trinajstić information content (AvgIpc) is 2.41. The SMILES string of the molecule is CCCCCCCCC(NC)C(CC)(CC)N(C)C. The van der Waals surface area contributed by atoms with Crippen LogP contribution in [0.3, 0.4) is 0 Å². The standard InChI is InChI=1S/C17H38N2/c1-7-10-11-12-13-14-15-16(18-4)17(8-2,9-3)19(5)6/h16,18H,7-15H2,1-6H3. The molecule has 0 aliphatic carbocycles. The number of rotatable bonds is 12. The highest BCUT2D eigenvalue weighted by Crippen LogP contribution is 2.28. The van der Waals surface area contributed by atoms with Crippen LogP contribution < -0.4 is 5.32 Å². The number of hydrogen-bond acceptors (Lipinski definition) is 2. The van der Waals surface area contributed by atoms with Crippen molar-refractivity contribution >= 4 is 0 Å². The van der Waals surface area contributed by atoms with Crippen LogP contribution in [0.5, 0.6) is 0 Å². The van der Waals surface area contributed by atoms with Crippen molar-refractivity contribution < 1.29 is 0 Å². The lowest BCUT2D eigenvalue weighted by Gasteiger charge is -2.45. The maximum Gasteiger partial charge on any atom is 0.0351 e. The third kappa shape index (κ3) is 5.83. The zero-order valence-corrected chi connectivity index (χ0v) is 14.4. The second-order valence-corrected chi connectivity index (χ2v) is 6.10. The zero-order chi connectivity index (χ0) is 14.7. The van der Waals surface area contributed by atoms with E-state index >= 15 is 0 Å². The Morgan fingerprint density at radius 2 is 1.42 bits per heavy atom. The smallest absolute Gasteiger partial charge is 0.0351 e. The van der Waals surface area contributed by atoms with E-state index in [1.807, 2.05) is 0 Å². The molecule has 1 N–H and O–H groups in total. The maximum absolute atomic E-state index is 3.59. The van der Waals surface area contributed by atoms with Gasteiger partial charge in [-0.05, 0) is 40.4 Å². The van der Waals surface area contributed by atoms with Crippen LogP contribution in [-0.2, 0) is 0 Å². The van der Waals surface area contributed by atoms with Crippen LogP contribution in [0.1, 0.15) is 78.6 Å². The summed E-state index contributed by atoms with van der Waals surface area (Å²) in [4.78, 5) is 2.44. The summed E-state index contributed by atoms with van der Waals surface area (Å²) >= 11 is 0. The Balaban J connectivity index is 4.23. The first kappa shape index (κ1) is 18.9. The van der Waals surface area contributed by atoms with Gasteiger partial charge >= 0.3 is 0 Å². The summed E-state index contributed by atoms with van der Waals surface area (Å²) in [5.41, 5.74) is 0.318. The molecule has 0 aliphatic rings. The highest BCUT2D eigenvalue weighted by atomic mass is 15.2. The molecule has 19 heavy (non-hydrogen) atoms. The van der Waals surface area contributed by atoms with Gasteiger partial charge in [0.2, 0.25) is 0 Å². The minimum atomic E-state index is 0.318. The van der Waals surface area contributed by atoms with E-state index in [9.17, 15) is 0 Å². The van der Waals surface area contributed by atoms with E-state index in [-0.39, 0.29) is 0 Å². The fourth-order valence-corrected chi connectivity index (χ4v) is 3.50. The Labute approximate surface area is 122 Å². The fourth-order valence-electron chi connectivity index (χ4n) is 3.50. The molecule has 0 fully saturated rings. The fraction of sp³-hybridized carbons (Fsp3) is 1.00. The molecular weight excluding hydrogens is 232 g/mol. The molecule has 0 aromatic rings. The molecule has 0 amide bonds. The van der Waals surface area contributed by atoms with Gasteiger partial charge in [0, 0.05) is 11.6 Å². The van der Waals surface area contributed by atoms with Crippen LogP contribution in [0.15, 0.2) is 0 Å². The van der Waals surface area contributed by atoms with Gasteiger partial charge in [-0.15, -0.1) is 0 Å². The Kier molecular flexibility index (Phi) is 10.6. The summed E-state index contributed by atoms with van der Waals surface area (Å²) < 4.78 is 0. The van der Waals surface area contributed by atoms with Crippen molar-refractivity contribution in [3.8, 4) is 0 Å². The van der Waals surface area contributed by atoms with E-state index in [1.54, 1.807) is 0 Å². The van der Waals surface area contributed by atoms with Crippen molar-refractivity contribution in [2.24, 2.45) is 0 Å². The summed E-state index contributed by atoms with van der Waals surface area (Å²) in [5, 5.41) is 3.59. The van der Waals surface area contributed by atoms with E-state index in [0.717, 1.165) is 0 Å². The predicted octanol–water partition coefficient (Wildman–Crippen LogP) is 4.45. The van der Waals surface area contributed by atoms with Crippen LogP contribution >= 0.6 is 0 Å². The molecule has 0 bridgehead atoms. The zero-order valence-electron chi connectivity index (χ0n) is 14.4. The molecule has 116 valence electrons. The quantitative estimate of drug-likeness (QED) is 0.527. The molecule has 0 spiro atoms. The largest absolute Gasteiger partial charge is 0.315 e. The Hall–Kier alpha value is -0.0800. The van der Waals surface area contributed by atoms with E-state index < -0.39 is 0 Å². The van der Waals surface area contributed by atoms with Crippen LogP contribution in [0.25, 0.3) is 0 Å². The molecule has 0 aromatic carbocycles. The van der Waals surface area contributed by atoms with Crippen LogP contribution in [0.2, 0.25) is 0 Å². The molecule has 0 heterocycles. The maximum atomic E-state index is 3.59. The predicted molar refractivity (Wildman–Crippen MR) is 87.8 cm³/mol. The summed E-state index contributed by atoms with van der Waals surface area (Å²) in [7, 11) is 6.60. The van der Waals surface area contributed by atoms with Gasteiger partial charge < -0.3 is 10.2 Å². The van der Waals surface area contributed by atoms with Gasteiger partial charge in [0.15, 0.2) is 0 Å². The first-order valence-corrected chi connectivity index (χ1v) is 8.43. The number of hydrogen-bond donors (Lipinski definition) is 1. The van der Waals surface area contributed by atoms with Crippen molar-refractivity contribution in [1.29, 1.82) is 0 Å². The average molecular weight is 271 g/mol. The lowest BCUT2D eigenvalue weighted by molar-refractivity contribution is 0.0864. The summed E-state index contributed by atoms with van der Waals surface area (Å²) in [6, 6.07) is 0.615. The Morgan fingerprint density at radius 3 is 1.84 bits per heavy atom. The van der Waals surface area contributed by atoms with E-state index in [1.165, 1.54) is 57.8 Å². The van der Waals surface area contributed by atoms with E-state index in [0.29, 0.717) is 11.6 Å². The molecule has 1 atom stereocenters. The molecule has 0 saturated heterocycles. The second-order valence-electron chi connectivity index (χ2n) is 6.10. The highest BCUT2D eigenvalue weighted by molar-refractivity contribution is 4.96. The second kappa shape index (κ2) is 10.7. The van der Waals surface area contributed by atoms with Crippen molar-refractivity contribution in [2.45, 2.75) is 90.1 Å². The first-order valence-electron chi connectivity index (χ1n) is 8.43. The third-order valence-corrected chi connectivity index (χ3v) is 4.96. The Bertz CT molecular complexity index is 197. The van der Waals surface area contributed by atoms with Crippen LogP contribution in [-0.4, -0.2) is 37.6 Å². The van der Waals surface area contributed by atoms with E-state index in [4.69, 9.17) is 0 Å². The van der Waals surface area contributed by atoms with Gasteiger partial charge in [-0.3, -0.25) is 0 Å². The first-order chi connectivity index (χ1) is 9.08. The van der Waals surface area contributed by atoms with Crippen LogP contribution in [0.4, 0.5) is 0 Å². The molecule has 0 radical (unpaired) electrons. The van der Waals surface area contributed by atoms with Crippen molar-refractivity contribution in [1.82, 2.24) is 10.2 Å². The summed E-state index contributed by atoms with van der Waals surface area (Å²) in [5.74, 6) is 0. The lowest BCUT2D eigenvalue weighted by atomic mass is 9.80. The van der Waals surface area contributed by atoms with Gasteiger partial charge in [-0.2, -0.15) is 0 Å².